The Labute approximate surface area is 125 Å². The first-order chi connectivity index (χ1) is 9.55. The Balaban J connectivity index is 1.96. The zero-order valence-electron chi connectivity index (χ0n) is 12.5. The first kappa shape index (κ1) is 15.7. The van der Waals surface area contributed by atoms with E-state index in [-0.39, 0.29) is 0 Å². The topological polar surface area (TPSA) is 40.5 Å². The van der Waals surface area contributed by atoms with Crippen LogP contribution in [-0.4, -0.2) is 35.9 Å². The molecule has 1 N–H and O–H groups in total. The molecule has 2 rings (SSSR count). The van der Waals surface area contributed by atoms with Gasteiger partial charge < -0.3 is 14.8 Å². The number of piperidine rings is 1. The van der Waals surface area contributed by atoms with Crippen LogP contribution in [0, 0.1) is 5.92 Å². The van der Waals surface area contributed by atoms with Crippen molar-refractivity contribution >= 4 is 17.6 Å². The van der Waals surface area contributed by atoms with Crippen molar-refractivity contribution in [1.82, 2.24) is 4.90 Å². The van der Waals surface area contributed by atoms with Crippen LogP contribution >= 0.6 is 11.3 Å². The van der Waals surface area contributed by atoms with E-state index < -0.39 is 5.60 Å². The molecule has 20 heavy (non-hydrogen) atoms. The molecule has 4 heteroatoms. The second kappa shape index (κ2) is 6.83. The first-order valence-electron chi connectivity index (χ1n) is 7.50. The summed E-state index contributed by atoms with van der Waals surface area (Å²) >= 11 is 1.58. The van der Waals surface area contributed by atoms with Gasteiger partial charge in [-0.2, -0.15) is 0 Å². The van der Waals surface area contributed by atoms with Crippen LogP contribution in [0.5, 0.6) is 0 Å². The molecule has 0 atom stereocenters. The second-order valence-corrected chi connectivity index (χ2v) is 7.18. The van der Waals surface area contributed by atoms with E-state index in [9.17, 15) is 9.90 Å². The van der Waals surface area contributed by atoms with Crippen molar-refractivity contribution < 1.29 is 9.90 Å². The van der Waals surface area contributed by atoms with Gasteiger partial charge in [-0.25, -0.2) is 0 Å². The number of rotatable bonds is 6. The standard InChI is InChI=1S/C16H25NO2S/c1-13(2)3-8-17-9-6-16(19,7-10-17)14-5-12-20-15(14)4-11-18/h5,11-13,19H,3-4,6-10H2,1-2H3. The number of carbonyl (C=O) groups is 1. The van der Waals surface area contributed by atoms with Crippen LogP contribution < -0.4 is 0 Å². The molecular weight excluding hydrogens is 270 g/mol. The minimum absolute atomic E-state index is 0.423. The molecule has 0 aromatic carbocycles. The van der Waals surface area contributed by atoms with Gasteiger partial charge in [-0.05, 0) is 48.7 Å². The SMILES string of the molecule is CC(C)CCN1CCC(O)(c2ccsc2CC=O)CC1. The van der Waals surface area contributed by atoms with Gasteiger partial charge in [0.1, 0.15) is 6.29 Å². The third-order valence-electron chi connectivity index (χ3n) is 4.22. The van der Waals surface area contributed by atoms with Crippen LogP contribution in [0.1, 0.15) is 43.6 Å². The van der Waals surface area contributed by atoms with Crippen molar-refractivity contribution in [2.75, 3.05) is 19.6 Å². The average Bonchev–Trinajstić information content (AvgIpc) is 2.87. The fraction of sp³-hybridized carbons (Fsp3) is 0.688. The van der Waals surface area contributed by atoms with Gasteiger partial charge >= 0.3 is 0 Å². The van der Waals surface area contributed by atoms with Crippen LogP contribution in [0.15, 0.2) is 11.4 Å². The predicted molar refractivity (Wildman–Crippen MR) is 83.1 cm³/mol. The molecule has 1 aliphatic rings. The maximum atomic E-state index is 10.9. The molecule has 112 valence electrons. The molecule has 0 aliphatic carbocycles. The van der Waals surface area contributed by atoms with E-state index in [2.05, 4.69) is 18.7 Å². The van der Waals surface area contributed by atoms with E-state index in [4.69, 9.17) is 0 Å². The number of hydrogen-bond acceptors (Lipinski definition) is 4. The number of aldehydes is 1. The Bertz CT molecular complexity index is 433. The summed E-state index contributed by atoms with van der Waals surface area (Å²) in [5.74, 6) is 0.729. The largest absolute Gasteiger partial charge is 0.385 e. The summed E-state index contributed by atoms with van der Waals surface area (Å²) < 4.78 is 0. The number of carbonyl (C=O) groups excluding carboxylic acids is 1. The van der Waals surface area contributed by atoms with Crippen molar-refractivity contribution in [2.45, 2.75) is 45.1 Å². The number of thiophene rings is 1. The number of hydrogen-bond donors (Lipinski definition) is 1. The molecule has 2 heterocycles. The Morgan fingerprint density at radius 2 is 2.15 bits per heavy atom. The molecule has 3 nitrogen and oxygen atoms in total. The molecule has 0 unspecified atom stereocenters. The Morgan fingerprint density at radius 3 is 2.75 bits per heavy atom. The number of aliphatic hydroxyl groups is 1. The van der Waals surface area contributed by atoms with E-state index in [1.54, 1.807) is 11.3 Å². The highest BCUT2D eigenvalue weighted by atomic mass is 32.1. The van der Waals surface area contributed by atoms with E-state index in [0.29, 0.717) is 6.42 Å². The van der Waals surface area contributed by atoms with E-state index in [0.717, 1.165) is 55.1 Å². The lowest BCUT2D eigenvalue weighted by Gasteiger charge is -2.38. The second-order valence-electron chi connectivity index (χ2n) is 6.18. The smallest absolute Gasteiger partial charge is 0.125 e. The van der Waals surface area contributed by atoms with Crippen LogP contribution in [0.25, 0.3) is 0 Å². The lowest BCUT2D eigenvalue weighted by Crippen LogP contribution is -2.43. The summed E-state index contributed by atoms with van der Waals surface area (Å²) in [6.45, 7) is 7.51. The predicted octanol–water partition coefficient (Wildman–Crippen LogP) is 2.82. The molecule has 0 saturated carbocycles. The fourth-order valence-corrected chi connectivity index (χ4v) is 3.76. The van der Waals surface area contributed by atoms with Gasteiger partial charge in [0.05, 0.1) is 5.60 Å². The normalized spacial score (nSPS) is 19.4. The van der Waals surface area contributed by atoms with Gasteiger partial charge in [0.2, 0.25) is 0 Å². The van der Waals surface area contributed by atoms with Gasteiger partial charge in [0.25, 0.3) is 0 Å². The first-order valence-corrected chi connectivity index (χ1v) is 8.38. The van der Waals surface area contributed by atoms with Crippen LogP contribution in [0.4, 0.5) is 0 Å². The van der Waals surface area contributed by atoms with Crippen LogP contribution in [-0.2, 0) is 16.8 Å². The molecule has 1 aromatic rings. The van der Waals surface area contributed by atoms with Crippen molar-refractivity contribution in [3.8, 4) is 0 Å². The van der Waals surface area contributed by atoms with E-state index in [1.807, 2.05) is 11.4 Å². The third-order valence-corrected chi connectivity index (χ3v) is 5.16. The highest BCUT2D eigenvalue weighted by Crippen LogP contribution is 2.37. The highest BCUT2D eigenvalue weighted by molar-refractivity contribution is 7.10. The Kier molecular flexibility index (Phi) is 5.35. The maximum absolute atomic E-state index is 10.9. The van der Waals surface area contributed by atoms with Crippen LogP contribution in [0.3, 0.4) is 0 Å². The Hall–Kier alpha value is -0.710. The third kappa shape index (κ3) is 3.68. The lowest BCUT2D eigenvalue weighted by molar-refractivity contribution is -0.107. The van der Waals surface area contributed by atoms with Crippen molar-refractivity contribution in [3.63, 3.8) is 0 Å². The summed E-state index contributed by atoms with van der Waals surface area (Å²) in [7, 11) is 0. The quantitative estimate of drug-likeness (QED) is 0.820. The van der Waals surface area contributed by atoms with Crippen molar-refractivity contribution in [1.29, 1.82) is 0 Å². The van der Waals surface area contributed by atoms with Crippen LogP contribution in [0.2, 0.25) is 0 Å². The van der Waals surface area contributed by atoms with E-state index >= 15 is 0 Å². The van der Waals surface area contributed by atoms with Gasteiger partial charge in [0, 0.05) is 24.4 Å². The average molecular weight is 295 g/mol. The van der Waals surface area contributed by atoms with Gasteiger partial charge in [-0.15, -0.1) is 11.3 Å². The molecule has 1 fully saturated rings. The summed E-state index contributed by atoms with van der Waals surface area (Å²) in [6.07, 6.45) is 4.11. The minimum Gasteiger partial charge on any atom is -0.385 e. The molecule has 0 spiro atoms. The molecular formula is C16H25NO2S. The summed E-state index contributed by atoms with van der Waals surface area (Å²) in [6, 6.07) is 1.99. The molecule has 1 aromatic heterocycles. The zero-order valence-corrected chi connectivity index (χ0v) is 13.3. The number of likely N-dealkylation sites (tertiary alicyclic amines) is 1. The molecule has 1 aliphatic heterocycles. The molecule has 1 saturated heterocycles. The number of nitrogens with zero attached hydrogens (tertiary/aromatic N) is 1. The molecule has 0 radical (unpaired) electrons. The van der Waals surface area contributed by atoms with Crippen molar-refractivity contribution in [3.05, 3.63) is 21.9 Å². The molecule has 0 bridgehead atoms. The molecule has 0 amide bonds. The van der Waals surface area contributed by atoms with Gasteiger partial charge in [-0.1, -0.05) is 13.8 Å². The summed E-state index contributed by atoms with van der Waals surface area (Å²) in [4.78, 5) is 14.2. The van der Waals surface area contributed by atoms with E-state index in [1.165, 1.54) is 6.42 Å². The maximum Gasteiger partial charge on any atom is 0.125 e. The van der Waals surface area contributed by atoms with Gasteiger partial charge in [-0.3, -0.25) is 0 Å². The van der Waals surface area contributed by atoms with Gasteiger partial charge in [0.15, 0.2) is 0 Å². The monoisotopic (exact) mass is 295 g/mol. The van der Waals surface area contributed by atoms with Crippen molar-refractivity contribution in [2.24, 2.45) is 5.92 Å². The summed E-state index contributed by atoms with van der Waals surface area (Å²) in [5, 5.41) is 12.9. The lowest BCUT2D eigenvalue weighted by atomic mass is 9.84. The summed E-state index contributed by atoms with van der Waals surface area (Å²) in [5.41, 5.74) is 0.255. The fourth-order valence-electron chi connectivity index (χ4n) is 2.85. The minimum atomic E-state index is -0.729. The highest BCUT2D eigenvalue weighted by Gasteiger charge is 2.35. The Morgan fingerprint density at radius 1 is 1.45 bits per heavy atom. The zero-order chi connectivity index (χ0) is 14.6.